The van der Waals surface area contributed by atoms with Gasteiger partial charge in [0.2, 0.25) is 17.7 Å². The number of nitrogens with one attached hydrogen (secondary N) is 2. The molecule has 1 aromatic heterocycles. The van der Waals surface area contributed by atoms with Crippen molar-refractivity contribution in [3.8, 4) is 17.1 Å². The highest BCUT2D eigenvalue weighted by atomic mass is 32.2. The minimum atomic E-state index is -4.02. The van der Waals surface area contributed by atoms with Gasteiger partial charge >= 0.3 is 0 Å². The number of aromatic nitrogens is 2. The molecule has 2 N–H and O–H groups in total. The zero-order chi connectivity index (χ0) is 24.6. The van der Waals surface area contributed by atoms with Gasteiger partial charge in [0.15, 0.2) is 0 Å². The minimum absolute atomic E-state index is 0.00670. The van der Waals surface area contributed by atoms with Gasteiger partial charge in [0.1, 0.15) is 6.10 Å². The summed E-state index contributed by atoms with van der Waals surface area (Å²) in [7, 11) is -4.02. The van der Waals surface area contributed by atoms with E-state index in [-0.39, 0.29) is 35.3 Å². The molecule has 0 radical (unpaired) electrons. The fourth-order valence-electron chi connectivity index (χ4n) is 4.62. The van der Waals surface area contributed by atoms with Crippen molar-refractivity contribution in [3.05, 3.63) is 59.7 Å². The highest BCUT2D eigenvalue weighted by Crippen LogP contribution is 2.30. The maximum atomic E-state index is 13.2. The molecule has 5 rings (SSSR count). The van der Waals surface area contributed by atoms with Crippen LogP contribution in [0.2, 0.25) is 0 Å². The van der Waals surface area contributed by atoms with Crippen molar-refractivity contribution in [1.82, 2.24) is 14.9 Å². The van der Waals surface area contributed by atoms with Gasteiger partial charge < -0.3 is 10.1 Å². The Kier molecular flexibility index (Phi) is 6.16. The standard InChI is InChI=1S/C25H27N5O4S/c1-16-6-3-7-17(2)24(16)21-13-23-28-25(27-21)29-35(32,33)20-10-4-8-18(12-20)26-22(31)15-30-11-5-9-19(14-30)34-23/h3-4,6-8,10,12-13,19H,5,9,11,14-15H2,1-2H3,(H,26,31)(H,27,28,29). The normalized spacial score (nSPS) is 21.5. The number of rotatable bonds is 1. The van der Waals surface area contributed by atoms with Crippen molar-refractivity contribution in [2.45, 2.75) is 37.7 Å². The van der Waals surface area contributed by atoms with Crippen LogP contribution in [0.5, 0.6) is 5.88 Å². The van der Waals surface area contributed by atoms with E-state index in [2.05, 4.69) is 20.0 Å². The van der Waals surface area contributed by atoms with Crippen LogP contribution in [0.25, 0.3) is 11.3 Å². The van der Waals surface area contributed by atoms with E-state index in [4.69, 9.17) is 4.74 Å². The van der Waals surface area contributed by atoms with E-state index < -0.39 is 10.0 Å². The molecule has 0 saturated carbocycles. The van der Waals surface area contributed by atoms with Gasteiger partial charge in [-0.25, -0.2) is 18.1 Å². The summed E-state index contributed by atoms with van der Waals surface area (Å²) in [6, 6.07) is 13.8. The highest BCUT2D eigenvalue weighted by Gasteiger charge is 2.26. The molecule has 1 fully saturated rings. The van der Waals surface area contributed by atoms with Crippen LogP contribution in [0.15, 0.2) is 53.4 Å². The third kappa shape index (κ3) is 5.13. The maximum absolute atomic E-state index is 13.2. The van der Waals surface area contributed by atoms with Gasteiger partial charge in [-0.05, 0) is 62.6 Å². The van der Waals surface area contributed by atoms with E-state index in [9.17, 15) is 13.2 Å². The third-order valence-corrected chi connectivity index (χ3v) is 7.54. The molecule has 6 bridgehead atoms. The van der Waals surface area contributed by atoms with Crippen LogP contribution in [0, 0.1) is 13.8 Å². The minimum Gasteiger partial charge on any atom is -0.473 e. The van der Waals surface area contributed by atoms with Gasteiger partial charge in [-0.15, -0.1) is 0 Å². The summed E-state index contributed by atoms with van der Waals surface area (Å²) in [6.07, 6.45) is 1.50. The van der Waals surface area contributed by atoms with Crippen LogP contribution in [0.4, 0.5) is 11.6 Å². The number of anilines is 2. The summed E-state index contributed by atoms with van der Waals surface area (Å²) in [5.41, 5.74) is 3.90. The molecule has 35 heavy (non-hydrogen) atoms. The first-order valence-corrected chi connectivity index (χ1v) is 13.0. The number of hydrogen-bond donors (Lipinski definition) is 2. The lowest BCUT2D eigenvalue weighted by atomic mass is 10.00. The van der Waals surface area contributed by atoms with Gasteiger partial charge in [0.25, 0.3) is 10.0 Å². The molecule has 10 heteroatoms. The largest absolute Gasteiger partial charge is 0.473 e. The number of amides is 1. The fourth-order valence-corrected chi connectivity index (χ4v) is 5.61. The number of benzene rings is 2. The summed E-state index contributed by atoms with van der Waals surface area (Å²) >= 11 is 0. The Morgan fingerprint density at radius 2 is 1.83 bits per heavy atom. The van der Waals surface area contributed by atoms with Crippen LogP contribution in [-0.2, 0) is 14.8 Å². The molecule has 3 aromatic rings. The summed E-state index contributed by atoms with van der Waals surface area (Å²) in [6.45, 7) is 5.51. The summed E-state index contributed by atoms with van der Waals surface area (Å²) < 4.78 is 35.1. The Balaban J connectivity index is 1.63. The highest BCUT2D eigenvalue weighted by molar-refractivity contribution is 7.92. The molecule has 3 heterocycles. The molecular weight excluding hydrogens is 466 g/mol. The average Bonchev–Trinajstić information content (AvgIpc) is 2.78. The number of ether oxygens (including phenoxy) is 1. The van der Waals surface area contributed by atoms with Crippen molar-refractivity contribution in [2.75, 3.05) is 29.7 Å². The van der Waals surface area contributed by atoms with Crippen molar-refractivity contribution >= 4 is 27.6 Å². The summed E-state index contributed by atoms with van der Waals surface area (Å²) in [5, 5.41) is 2.80. The molecule has 1 amide bonds. The molecule has 2 aromatic carbocycles. The van der Waals surface area contributed by atoms with Crippen molar-refractivity contribution < 1.29 is 17.9 Å². The van der Waals surface area contributed by atoms with Crippen LogP contribution in [0.1, 0.15) is 24.0 Å². The van der Waals surface area contributed by atoms with E-state index in [1.165, 1.54) is 12.1 Å². The van der Waals surface area contributed by atoms with Gasteiger partial charge in [-0.2, -0.15) is 4.98 Å². The first-order valence-electron chi connectivity index (χ1n) is 11.5. The second-order valence-corrected chi connectivity index (χ2v) is 10.7. The molecule has 2 atom stereocenters. The molecule has 2 unspecified atom stereocenters. The Morgan fingerprint density at radius 1 is 1.06 bits per heavy atom. The molecule has 2 aliphatic rings. The van der Waals surface area contributed by atoms with E-state index >= 15 is 0 Å². The first-order chi connectivity index (χ1) is 16.8. The first kappa shape index (κ1) is 23.3. The lowest BCUT2D eigenvalue weighted by Crippen LogP contribution is -2.44. The Labute approximate surface area is 204 Å². The Morgan fingerprint density at radius 3 is 2.63 bits per heavy atom. The fraction of sp³-hybridized carbons (Fsp3) is 0.320. The van der Waals surface area contributed by atoms with Crippen molar-refractivity contribution in [2.24, 2.45) is 0 Å². The van der Waals surface area contributed by atoms with Gasteiger partial charge in [0.05, 0.1) is 17.1 Å². The lowest BCUT2D eigenvalue weighted by Gasteiger charge is -2.32. The monoisotopic (exact) mass is 493 g/mol. The maximum Gasteiger partial charge on any atom is 0.264 e. The Bertz CT molecular complexity index is 1370. The van der Waals surface area contributed by atoms with Crippen LogP contribution in [-0.4, -0.2) is 54.9 Å². The number of nitrogens with zero attached hydrogens (tertiary/aromatic N) is 3. The molecule has 9 nitrogen and oxygen atoms in total. The van der Waals surface area contributed by atoms with Crippen molar-refractivity contribution in [3.63, 3.8) is 0 Å². The van der Waals surface area contributed by atoms with Gasteiger partial charge in [-0.1, -0.05) is 24.3 Å². The topological polar surface area (TPSA) is 114 Å². The average molecular weight is 494 g/mol. The number of carbonyl (C=O) groups excluding carboxylic acids is 1. The second kappa shape index (κ2) is 9.27. The lowest BCUT2D eigenvalue weighted by molar-refractivity contribution is -0.117. The van der Waals surface area contributed by atoms with E-state index in [0.717, 1.165) is 36.1 Å². The predicted molar refractivity (Wildman–Crippen MR) is 133 cm³/mol. The number of piperidine rings is 1. The zero-order valence-electron chi connectivity index (χ0n) is 19.6. The molecular formula is C25H27N5O4S. The Hall–Kier alpha value is -3.50. The van der Waals surface area contributed by atoms with Crippen LogP contribution < -0.4 is 14.8 Å². The van der Waals surface area contributed by atoms with Crippen molar-refractivity contribution in [1.29, 1.82) is 0 Å². The molecule has 1 saturated heterocycles. The summed E-state index contributed by atoms with van der Waals surface area (Å²) in [4.78, 5) is 23.6. The van der Waals surface area contributed by atoms with Gasteiger partial charge in [-0.3, -0.25) is 9.69 Å². The zero-order valence-corrected chi connectivity index (χ0v) is 20.4. The second-order valence-electron chi connectivity index (χ2n) is 8.98. The number of carbonyl (C=O) groups is 1. The van der Waals surface area contributed by atoms with E-state index in [0.29, 0.717) is 17.9 Å². The SMILES string of the molecule is Cc1cccc(C)c1-c1cc2nc(n1)NS(=O)(=O)c1cccc(c1)NC(=O)CN1CCCC(C1)O2. The van der Waals surface area contributed by atoms with E-state index in [1.807, 2.05) is 36.9 Å². The smallest absolute Gasteiger partial charge is 0.264 e. The molecule has 0 aliphatic carbocycles. The predicted octanol–water partition coefficient (Wildman–Crippen LogP) is 3.36. The molecule has 182 valence electrons. The summed E-state index contributed by atoms with van der Waals surface area (Å²) in [5.74, 6) is 0.00750. The van der Waals surface area contributed by atoms with Crippen LogP contribution in [0.3, 0.4) is 0 Å². The number of fused-ring (bicyclic) bond motifs is 6. The quantitative estimate of drug-likeness (QED) is 0.534. The third-order valence-electron chi connectivity index (χ3n) is 6.21. The van der Waals surface area contributed by atoms with E-state index in [1.54, 1.807) is 18.2 Å². The molecule has 0 spiro atoms. The number of sulfonamides is 1. The number of hydrogen-bond acceptors (Lipinski definition) is 7. The number of aryl methyl sites for hydroxylation is 2. The van der Waals surface area contributed by atoms with Crippen LogP contribution >= 0.6 is 0 Å². The molecule has 2 aliphatic heterocycles. The van der Waals surface area contributed by atoms with Gasteiger partial charge in [0, 0.05) is 23.9 Å².